The number of benzene rings is 2. The van der Waals surface area contributed by atoms with Crippen LogP contribution in [-0.4, -0.2) is 14.5 Å². The van der Waals surface area contributed by atoms with Gasteiger partial charge in [-0.25, -0.2) is 4.98 Å². The number of aromatic nitrogens is 3. The van der Waals surface area contributed by atoms with Crippen molar-refractivity contribution in [1.29, 1.82) is 0 Å². The number of hydrogen-bond acceptors (Lipinski definition) is 3. The predicted octanol–water partition coefficient (Wildman–Crippen LogP) is 3.69. The number of imidazole rings is 1. The molecule has 0 unspecified atom stereocenters. The number of nitrogens with two attached hydrogens (primary N) is 1. The zero-order chi connectivity index (χ0) is 15.2. The highest BCUT2D eigenvalue weighted by Crippen LogP contribution is 2.10. The molecule has 0 amide bonds. The van der Waals surface area contributed by atoms with Crippen LogP contribution in [0.15, 0.2) is 85.3 Å². The molecule has 2 aromatic carbocycles. The third kappa shape index (κ3) is 3.12. The average Bonchev–Trinajstić information content (AvgIpc) is 3.02. The third-order valence-corrected chi connectivity index (χ3v) is 3.22. The normalized spacial score (nSPS) is 10.0. The van der Waals surface area contributed by atoms with Crippen molar-refractivity contribution in [2.45, 2.75) is 0 Å². The summed E-state index contributed by atoms with van der Waals surface area (Å²) >= 11 is 0. The van der Waals surface area contributed by atoms with Crippen LogP contribution >= 0.6 is 0 Å². The van der Waals surface area contributed by atoms with E-state index in [0.29, 0.717) is 5.95 Å². The molecule has 4 aromatic rings. The second-order valence-corrected chi connectivity index (χ2v) is 4.69. The van der Waals surface area contributed by atoms with Gasteiger partial charge in [0.2, 0.25) is 5.95 Å². The molecule has 22 heavy (non-hydrogen) atoms. The lowest BCUT2D eigenvalue weighted by Gasteiger charge is -2.02. The predicted molar refractivity (Wildman–Crippen MR) is 89.7 cm³/mol. The van der Waals surface area contributed by atoms with E-state index in [1.807, 2.05) is 71.6 Å². The van der Waals surface area contributed by atoms with E-state index in [-0.39, 0.29) is 0 Å². The Bertz CT molecular complexity index is 788. The fraction of sp³-hybridized carbons (Fsp3) is 0. The number of hydrogen-bond donors (Lipinski definition) is 1. The molecule has 0 radical (unpaired) electrons. The van der Waals surface area contributed by atoms with Gasteiger partial charge in [-0.1, -0.05) is 42.5 Å². The molecule has 0 spiro atoms. The summed E-state index contributed by atoms with van der Waals surface area (Å²) in [5.74, 6) is 0.515. The Hall–Kier alpha value is -3.14. The Kier molecular flexibility index (Phi) is 4.11. The van der Waals surface area contributed by atoms with E-state index in [1.54, 1.807) is 6.20 Å². The number of pyridine rings is 1. The molecule has 0 fully saturated rings. The number of anilines is 1. The van der Waals surface area contributed by atoms with Crippen molar-refractivity contribution in [3.63, 3.8) is 0 Å². The Morgan fingerprint density at radius 1 is 0.727 bits per heavy atom. The first-order valence-electron chi connectivity index (χ1n) is 6.98. The Labute approximate surface area is 128 Å². The van der Waals surface area contributed by atoms with Crippen LogP contribution in [0.3, 0.4) is 0 Å². The van der Waals surface area contributed by atoms with E-state index in [1.165, 1.54) is 5.39 Å². The highest BCUT2D eigenvalue weighted by Gasteiger charge is 1.97. The summed E-state index contributed by atoms with van der Waals surface area (Å²) in [5.41, 5.74) is 7.72. The summed E-state index contributed by atoms with van der Waals surface area (Å²) in [6, 6.07) is 22.0. The second kappa shape index (κ2) is 6.54. The van der Waals surface area contributed by atoms with Gasteiger partial charge in [-0.3, -0.25) is 9.55 Å². The first kappa shape index (κ1) is 13.8. The van der Waals surface area contributed by atoms with Crippen LogP contribution in [0, 0.1) is 0 Å². The third-order valence-electron chi connectivity index (χ3n) is 3.22. The van der Waals surface area contributed by atoms with Crippen LogP contribution in [0.5, 0.6) is 0 Å². The topological polar surface area (TPSA) is 56.7 Å². The first-order chi connectivity index (χ1) is 10.8. The van der Waals surface area contributed by atoms with Gasteiger partial charge in [0.1, 0.15) is 0 Å². The summed E-state index contributed by atoms with van der Waals surface area (Å²) in [6.45, 7) is 0. The Morgan fingerprint density at radius 2 is 1.45 bits per heavy atom. The number of fused-ring (bicyclic) bond motifs is 1. The van der Waals surface area contributed by atoms with Crippen LogP contribution in [0.4, 0.5) is 5.95 Å². The minimum absolute atomic E-state index is 0.515. The highest BCUT2D eigenvalue weighted by atomic mass is 15.1. The van der Waals surface area contributed by atoms with Gasteiger partial charge in [-0.05, 0) is 24.3 Å². The summed E-state index contributed by atoms with van der Waals surface area (Å²) in [4.78, 5) is 8.11. The molecule has 108 valence electrons. The quantitative estimate of drug-likeness (QED) is 0.581. The van der Waals surface area contributed by atoms with Crippen molar-refractivity contribution in [2.24, 2.45) is 0 Å². The minimum atomic E-state index is 0.515. The minimum Gasteiger partial charge on any atom is -0.369 e. The molecule has 0 saturated heterocycles. The monoisotopic (exact) mass is 288 g/mol. The molecule has 4 rings (SSSR count). The van der Waals surface area contributed by atoms with E-state index in [0.717, 1.165) is 11.2 Å². The van der Waals surface area contributed by atoms with Crippen LogP contribution in [-0.2, 0) is 0 Å². The maximum Gasteiger partial charge on any atom is 0.204 e. The Morgan fingerprint density at radius 3 is 2.18 bits per heavy atom. The summed E-state index contributed by atoms with van der Waals surface area (Å²) < 4.78 is 1.83. The number of para-hydroxylation sites is 2. The average molecular weight is 288 g/mol. The molecule has 2 aromatic heterocycles. The maximum atomic E-state index is 5.62. The molecule has 2 N–H and O–H groups in total. The molecular weight excluding hydrogens is 272 g/mol. The number of rotatable bonds is 1. The molecule has 4 nitrogen and oxygen atoms in total. The van der Waals surface area contributed by atoms with Gasteiger partial charge in [-0.15, -0.1) is 0 Å². The molecule has 0 aliphatic heterocycles. The molecule has 0 atom stereocenters. The molecule has 0 saturated carbocycles. The second-order valence-electron chi connectivity index (χ2n) is 4.69. The molecule has 4 heteroatoms. The van der Waals surface area contributed by atoms with E-state index in [9.17, 15) is 0 Å². The van der Waals surface area contributed by atoms with Gasteiger partial charge >= 0.3 is 0 Å². The van der Waals surface area contributed by atoms with Crippen molar-refractivity contribution in [1.82, 2.24) is 14.5 Å². The maximum absolute atomic E-state index is 5.62. The highest BCUT2D eigenvalue weighted by molar-refractivity contribution is 5.77. The van der Waals surface area contributed by atoms with Crippen LogP contribution in [0.1, 0.15) is 0 Å². The first-order valence-corrected chi connectivity index (χ1v) is 6.98. The molecule has 0 bridgehead atoms. The van der Waals surface area contributed by atoms with Gasteiger partial charge in [0.05, 0.1) is 5.52 Å². The van der Waals surface area contributed by atoms with Gasteiger partial charge in [0, 0.05) is 29.7 Å². The lowest BCUT2D eigenvalue weighted by atomic mass is 10.2. The fourth-order valence-corrected chi connectivity index (χ4v) is 2.14. The van der Waals surface area contributed by atoms with Crippen molar-refractivity contribution in [3.05, 3.63) is 85.3 Å². The molecule has 0 aliphatic carbocycles. The standard InChI is InChI=1S/C9H9N3.C9H7N/c10-9-11-6-7-12(9)8-4-2-1-3-5-8;1-2-6-9-8(4-1)5-3-7-10-9/h1-7H,(H2,10,11);1-7H. The van der Waals surface area contributed by atoms with Gasteiger partial charge < -0.3 is 5.73 Å². The van der Waals surface area contributed by atoms with Gasteiger partial charge in [-0.2, -0.15) is 0 Å². The van der Waals surface area contributed by atoms with Gasteiger partial charge in [0.15, 0.2) is 0 Å². The van der Waals surface area contributed by atoms with Crippen molar-refractivity contribution >= 4 is 16.9 Å². The van der Waals surface area contributed by atoms with Crippen LogP contribution < -0.4 is 5.73 Å². The van der Waals surface area contributed by atoms with Crippen molar-refractivity contribution in [2.75, 3.05) is 5.73 Å². The fourth-order valence-electron chi connectivity index (χ4n) is 2.14. The van der Waals surface area contributed by atoms with E-state index in [4.69, 9.17) is 5.73 Å². The lowest BCUT2D eigenvalue weighted by molar-refractivity contribution is 1.07. The summed E-state index contributed by atoms with van der Waals surface area (Å²) in [7, 11) is 0. The zero-order valence-electron chi connectivity index (χ0n) is 12.0. The SMILES string of the molecule is Nc1nccn1-c1ccccc1.c1ccc2ncccc2c1. The largest absolute Gasteiger partial charge is 0.369 e. The molecular formula is C18H16N4. The number of nitrogen functional groups attached to an aromatic ring is 1. The van der Waals surface area contributed by atoms with Crippen LogP contribution in [0.25, 0.3) is 16.6 Å². The van der Waals surface area contributed by atoms with Gasteiger partial charge in [0.25, 0.3) is 0 Å². The zero-order valence-corrected chi connectivity index (χ0v) is 12.0. The summed E-state index contributed by atoms with van der Waals surface area (Å²) in [6.07, 6.45) is 5.33. The van der Waals surface area contributed by atoms with E-state index >= 15 is 0 Å². The number of nitrogens with zero attached hydrogens (tertiary/aromatic N) is 3. The van der Waals surface area contributed by atoms with Crippen molar-refractivity contribution in [3.8, 4) is 5.69 Å². The van der Waals surface area contributed by atoms with E-state index < -0.39 is 0 Å². The molecule has 2 heterocycles. The Balaban J connectivity index is 0.000000133. The smallest absolute Gasteiger partial charge is 0.204 e. The van der Waals surface area contributed by atoms with E-state index in [2.05, 4.69) is 22.1 Å². The molecule has 0 aliphatic rings. The van der Waals surface area contributed by atoms with Crippen molar-refractivity contribution < 1.29 is 0 Å². The van der Waals surface area contributed by atoms with Crippen LogP contribution in [0.2, 0.25) is 0 Å². The lowest BCUT2D eigenvalue weighted by Crippen LogP contribution is -1.98. The summed E-state index contributed by atoms with van der Waals surface area (Å²) in [5, 5.41) is 1.20.